The maximum absolute atomic E-state index is 12.1. The molecule has 5 nitrogen and oxygen atoms in total. The summed E-state index contributed by atoms with van der Waals surface area (Å²) in [6.45, 7) is 3.59. The lowest BCUT2D eigenvalue weighted by molar-refractivity contribution is 0.0924. The van der Waals surface area contributed by atoms with E-state index in [0.717, 1.165) is 25.3 Å². The van der Waals surface area contributed by atoms with Crippen LogP contribution in [0.25, 0.3) is 0 Å². The van der Waals surface area contributed by atoms with Crippen molar-refractivity contribution >= 4 is 11.7 Å². The lowest BCUT2D eigenvalue weighted by Gasteiger charge is -2.29. The number of benzene rings is 1. The van der Waals surface area contributed by atoms with Crippen LogP contribution in [-0.2, 0) is 13.0 Å². The molecule has 1 atom stereocenters. The third kappa shape index (κ3) is 3.68. The average molecular weight is 311 g/mol. The number of amides is 1. The second-order valence-electron chi connectivity index (χ2n) is 5.90. The molecule has 0 bridgehead atoms. The second-order valence-corrected chi connectivity index (χ2v) is 5.90. The number of hydrogen-bond donors (Lipinski definition) is 2. The fourth-order valence-electron chi connectivity index (χ4n) is 2.77. The van der Waals surface area contributed by atoms with E-state index in [-0.39, 0.29) is 12.5 Å². The number of nitrogens with one attached hydrogen (secondary N) is 1. The molecule has 1 amide bonds. The van der Waals surface area contributed by atoms with E-state index in [4.69, 9.17) is 0 Å². The Kier molecular flexibility index (Phi) is 4.57. The minimum Gasteiger partial charge on any atom is -0.392 e. The normalized spacial score (nSPS) is 15.0. The molecule has 2 N–H and O–H groups in total. The average Bonchev–Trinajstić information content (AvgIpc) is 2.59. The van der Waals surface area contributed by atoms with E-state index >= 15 is 0 Å². The van der Waals surface area contributed by atoms with Crippen molar-refractivity contribution in [3.63, 3.8) is 0 Å². The van der Waals surface area contributed by atoms with Gasteiger partial charge in [-0.1, -0.05) is 24.3 Å². The molecule has 23 heavy (non-hydrogen) atoms. The number of aromatic nitrogens is 1. The number of pyridine rings is 1. The highest BCUT2D eigenvalue weighted by Crippen LogP contribution is 2.23. The van der Waals surface area contributed by atoms with Crippen LogP contribution < -0.4 is 10.2 Å². The smallest absolute Gasteiger partial charge is 0.251 e. The zero-order valence-corrected chi connectivity index (χ0v) is 13.2. The Morgan fingerprint density at radius 3 is 2.91 bits per heavy atom. The first-order valence-corrected chi connectivity index (χ1v) is 7.87. The summed E-state index contributed by atoms with van der Waals surface area (Å²) < 4.78 is 0. The van der Waals surface area contributed by atoms with Crippen LogP contribution in [0.15, 0.2) is 42.6 Å². The zero-order valence-electron chi connectivity index (χ0n) is 13.2. The van der Waals surface area contributed by atoms with Crippen molar-refractivity contribution in [3.05, 3.63) is 59.3 Å². The Morgan fingerprint density at radius 1 is 1.35 bits per heavy atom. The van der Waals surface area contributed by atoms with E-state index in [1.807, 2.05) is 6.07 Å². The quantitative estimate of drug-likeness (QED) is 0.903. The minimum atomic E-state index is -0.557. The van der Waals surface area contributed by atoms with Gasteiger partial charge < -0.3 is 15.3 Å². The number of anilines is 1. The molecule has 2 aromatic rings. The molecule has 1 unspecified atom stereocenters. The van der Waals surface area contributed by atoms with Gasteiger partial charge in [0.1, 0.15) is 5.82 Å². The summed E-state index contributed by atoms with van der Waals surface area (Å²) in [5, 5.41) is 12.0. The summed E-state index contributed by atoms with van der Waals surface area (Å²) in [6.07, 6.45) is 2.09. The van der Waals surface area contributed by atoms with Crippen molar-refractivity contribution in [2.75, 3.05) is 18.0 Å². The molecule has 0 saturated heterocycles. The van der Waals surface area contributed by atoms with Crippen LogP contribution in [0, 0.1) is 0 Å². The molecule has 120 valence electrons. The lowest BCUT2D eigenvalue weighted by Crippen LogP contribution is -2.32. The third-order valence-corrected chi connectivity index (χ3v) is 4.02. The molecule has 0 radical (unpaired) electrons. The Hall–Kier alpha value is -2.40. The topological polar surface area (TPSA) is 65.5 Å². The van der Waals surface area contributed by atoms with Crippen molar-refractivity contribution in [2.24, 2.45) is 0 Å². The van der Waals surface area contributed by atoms with Crippen molar-refractivity contribution in [3.8, 4) is 0 Å². The highest BCUT2D eigenvalue weighted by Gasteiger charge is 2.18. The van der Waals surface area contributed by atoms with E-state index in [1.165, 1.54) is 11.1 Å². The van der Waals surface area contributed by atoms with E-state index < -0.39 is 6.10 Å². The van der Waals surface area contributed by atoms with Gasteiger partial charge >= 0.3 is 0 Å². The molecule has 0 saturated carbocycles. The fraction of sp³-hybridized carbons (Fsp3) is 0.333. The van der Waals surface area contributed by atoms with Crippen molar-refractivity contribution in [2.45, 2.75) is 26.0 Å². The Labute approximate surface area is 136 Å². The first kappa shape index (κ1) is 15.5. The van der Waals surface area contributed by atoms with Crippen molar-refractivity contribution in [1.29, 1.82) is 0 Å². The number of aliphatic hydroxyl groups excluding tert-OH is 1. The van der Waals surface area contributed by atoms with Crippen LogP contribution in [0.5, 0.6) is 0 Å². The highest BCUT2D eigenvalue weighted by atomic mass is 16.3. The second kappa shape index (κ2) is 6.79. The molecule has 1 aromatic heterocycles. The molecule has 2 heterocycles. The van der Waals surface area contributed by atoms with Gasteiger partial charge in [-0.05, 0) is 36.6 Å². The number of carbonyl (C=O) groups excluding carboxylic acids is 1. The molecule has 1 aliphatic heterocycles. The number of carbonyl (C=O) groups is 1. The van der Waals surface area contributed by atoms with Gasteiger partial charge in [0, 0.05) is 31.4 Å². The van der Waals surface area contributed by atoms with Gasteiger partial charge in [-0.15, -0.1) is 0 Å². The SMILES string of the molecule is CC(O)CNC(=O)c1ccnc(N2CCc3ccccc3C2)c1. The van der Waals surface area contributed by atoms with Crippen LogP contribution in [0.1, 0.15) is 28.4 Å². The molecule has 3 rings (SSSR count). The largest absolute Gasteiger partial charge is 0.392 e. The summed E-state index contributed by atoms with van der Waals surface area (Å²) >= 11 is 0. The van der Waals surface area contributed by atoms with E-state index in [1.54, 1.807) is 19.2 Å². The standard InChI is InChI=1S/C18H21N3O2/c1-13(22)11-20-18(23)15-6-8-19-17(10-15)21-9-7-14-4-2-3-5-16(14)12-21/h2-6,8,10,13,22H,7,9,11-12H2,1H3,(H,20,23). The first-order chi connectivity index (χ1) is 11.1. The number of hydrogen-bond acceptors (Lipinski definition) is 4. The fourth-order valence-corrected chi connectivity index (χ4v) is 2.77. The predicted octanol–water partition coefficient (Wildman–Crippen LogP) is 1.75. The predicted molar refractivity (Wildman–Crippen MR) is 89.4 cm³/mol. The number of fused-ring (bicyclic) bond motifs is 1. The Balaban J connectivity index is 1.74. The third-order valence-electron chi connectivity index (χ3n) is 4.02. The maximum atomic E-state index is 12.1. The molecule has 1 aromatic carbocycles. The van der Waals surface area contributed by atoms with Crippen LogP contribution in [0.3, 0.4) is 0 Å². The number of nitrogens with zero attached hydrogens (tertiary/aromatic N) is 2. The zero-order chi connectivity index (χ0) is 16.2. The maximum Gasteiger partial charge on any atom is 0.251 e. The minimum absolute atomic E-state index is 0.188. The molecule has 0 spiro atoms. The van der Waals surface area contributed by atoms with Gasteiger partial charge in [-0.2, -0.15) is 0 Å². The van der Waals surface area contributed by atoms with Crippen molar-refractivity contribution in [1.82, 2.24) is 10.3 Å². The van der Waals surface area contributed by atoms with Crippen molar-refractivity contribution < 1.29 is 9.90 Å². The van der Waals surface area contributed by atoms with Gasteiger partial charge in [0.25, 0.3) is 5.91 Å². The van der Waals surface area contributed by atoms with Gasteiger partial charge in [-0.25, -0.2) is 4.98 Å². The molecular weight excluding hydrogens is 290 g/mol. The van der Waals surface area contributed by atoms with E-state index in [9.17, 15) is 9.90 Å². The number of rotatable bonds is 4. The van der Waals surface area contributed by atoms with Gasteiger partial charge in [0.2, 0.25) is 0 Å². The van der Waals surface area contributed by atoms with Crippen LogP contribution in [0.2, 0.25) is 0 Å². The van der Waals surface area contributed by atoms with Gasteiger partial charge in [0.05, 0.1) is 6.10 Å². The number of aliphatic hydroxyl groups is 1. The van der Waals surface area contributed by atoms with Crippen LogP contribution >= 0.6 is 0 Å². The first-order valence-electron chi connectivity index (χ1n) is 7.87. The summed E-state index contributed by atoms with van der Waals surface area (Å²) in [7, 11) is 0. The Bertz CT molecular complexity index is 700. The summed E-state index contributed by atoms with van der Waals surface area (Å²) in [6, 6.07) is 11.9. The molecular formula is C18H21N3O2. The highest BCUT2D eigenvalue weighted by molar-refractivity contribution is 5.94. The summed E-state index contributed by atoms with van der Waals surface area (Å²) in [5.41, 5.74) is 3.26. The Morgan fingerprint density at radius 2 is 2.13 bits per heavy atom. The molecule has 1 aliphatic rings. The summed E-state index contributed by atoms with van der Waals surface area (Å²) in [5.74, 6) is 0.621. The molecule has 5 heteroatoms. The van der Waals surface area contributed by atoms with Crippen LogP contribution in [-0.4, -0.2) is 35.2 Å². The van der Waals surface area contributed by atoms with Gasteiger partial charge in [-0.3, -0.25) is 4.79 Å². The van der Waals surface area contributed by atoms with E-state index in [2.05, 4.69) is 39.5 Å². The van der Waals surface area contributed by atoms with Crippen LogP contribution in [0.4, 0.5) is 5.82 Å². The molecule has 0 fully saturated rings. The summed E-state index contributed by atoms with van der Waals surface area (Å²) in [4.78, 5) is 18.7. The monoisotopic (exact) mass is 311 g/mol. The van der Waals surface area contributed by atoms with Gasteiger partial charge in [0.15, 0.2) is 0 Å². The van der Waals surface area contributed by atoms with E-state index in [0.29, 0.717) is 5.56 Å². The lowest BCUT2D eigenvalue weighted by atomic mass is 10.00. The molecule has 0 aliphatic carbocycles.